The summed E-state index contributed by atoms with van der Waals surface area (Å²) in [6.45, 7) is 3.08. The van der Waals surface area contributed by atoms with E-state index in [-0.39, 0.29) is 0 Å². The van der Waals surface area contributed by atoms with Gasteiger partial charge in [-0.2, -0.15) is 4.58 Å². The average Bonchev–Trinajstić information content (AvgIpc) is 2.80. The molecule has 0 unspecified atom stereocenters. The van der Waals surface area contributed by atoms with Gasteiger partial charge in [0.25, 0.3) is 0 Å². The van der Waals surface area contributed by atoms with Gasteiger partial charge in [0.1, 0.15) is 0 Å². The Kier molecular flexibility index (Phi) is 8.57. The molecule has 0 heterocycles. The van der Waals surface area contributed by atoms with Gasteiger partial charge >= 0.3 is 9.05 Å². The molecule has 0 aliphatic rings. The van der Waals surface area contributed by atoms with Crippen molar-refractivity contribution in [2.24, 2.45) is 0 Å². The van der Waals surface area contributed by atoms with Gasteiger partial charge in [-0.25, -0.2) is 4.89 Å². The predicted molar refractivity (Wildman–Crippen MR) is 112 cm³/mol. The Morgan fingerprint density at radius 1 is 0.552 bits per heavy atom. The van der Waals surface area contributed by atoms with Crippen LogP contribution in [0.15, 0.2) is 91.0 Å². The van der Waals surface area contributed by atoms with Crippen LogP contribution < -0.4 is 0 Å². The zero-order valence-electron chi connectivity index (χ0n) is 16.5. The zero-order valence-corrected chi connectivity index (χ0v) is 17.5. The summed E-state index contributed by atoms with van der Waals surface area (Å²) >= 11 is 0. The first-order valence-electron chi connectivity index (χ1n) is 9.64. The van der Waals surface area contributed by atoms with Crippen molar-refractivity contribution in [3.05, 3.63) is 108 Å². The van der Waals surface area contributed by atoms with E-state index < -0.39 is 9.05 Å². The molecule has 3 aromatic rings. The second-order valence-electron chi connectivity index (χ2n) is 6.31. The van der Waals surface area contributed by atoms with Crippen LogP contribution in [0.1, 0.15) is 23.6 Å². The van der Waals surface area contributed by atoms with Crippen LogP contribution in [0.4, 0.5) is 0 Å². The van der Waals surface area contributed by atoms with Crippen molar-refractivity contribution in [3.63, 3.8) is 0 Å². The summed E-state index contributed by atoms with van der Waals surface area (Å²) < 4.78 is 23.9. The molecule has 0 N–H and O–H groups in total. The van der Waals surface area contributed by atoms with Gasteiger partial charge in [0.2, 0.25) is 0 Å². The summed E-state index contributed by atoms with van der Waals surface area (Å²) in [4.78, 5) is 5.25. The molecule has 152 valence electrons. The van der Waals surface area contributed by atoms with Gasteiger partial charge in [-0.3, -0.25) is 0 Å². The maximum Gasteiger partial charge on any atom is 0.708 e. The number of benzene rings is 3. The highest BCUT2D eigenvalue weighted by Crippen LogP contribution is 2.20. The van der Waals surface area contributed by atoms with Crippen molar-refractivity contribution >= 4 is 9.05 Å². The van der Waals surface area contributed by atoms with Gasteiger partial charge in [-0.15, -0.1) is 0 Å². The number of hydrogen-bond donors (Lipinski definition) is 0. The third-order valence-electron chi connectivity index (χ3n) is 4.05. The van der Waals surface area contributed by atoms with Gasteiger partial charge in [0.15, 0.2) is 0 Å². The third-order valence-corrected chi connectivity index (χ3v) is 5.87. The first-order valence-corrected chi connectivity index (χ1v) is 11.3. The first kappa shape index (κ1) is 21.4. The Hall–Kier alpha value is -2.32. The van der Waals surface area contributed by atoms with Crippen molar-refractivity contribution in [1.82, 2.24) is 0 Å². The van der Waals surface area contributed by atoms with E-state index in [1.807, 2.05) is 97.9 Å². The number of rotatable bonds is 12. The standard InChI is InChI=1S/C23H26O5Si/c1-2-24-28-29(25-18-21-12-6-3-7-13-21,26-19-22-14-8-4-9-15-22)27-20-23-16-10-5-11-17-23/h3-17H,2,18-20H2,1H3. The minimum absolute atomic E-state index is 0.295. The van der Waals surface area contributed by atoms with E-state index in [2.05, 4.69) is 0 Å². The molecular formula is C23H26O5Si. The van der Waals surface area contributed by atoms with Crippen molar-refractivity contribution in [2.45, 2.75) is 26.7 Å². The Morgan fingerprint density at radius 2 is 0.897 bits per heavy atom. The number of hydrogen-bond acceptors (Lipinski definition) is 5. The molecule has 0 saturated carbocycles. The minimum atomic E-state index is -3.59. The van der Waals surface area contributed by atoms with E-state index in [1.54, 1.807) is 0 Å². The molecule has 0 amide bonds. The smallest absolute Gasteiger partial charge is 0.345 e. The van der Waals surface area contributed by atoms with E-state index in [0.717, 1.165) is 16.7 Å². The largest absolute Gasteiger partial charge is 0.708 e. The fourth-order valence-corrected chi connectivity index (χ4v) is 4.25. The summed E-state index contributed by atoms with van der Waals surface area (Å²) in [6, 6.07) is 29.5. The first-order chi connectivity index (χ1) is 14.3. The normalized spacial score (nSPS) is 11.5. The highest BCUT2D eigenvalue weighted by molar-refractivity contribution is 6.53. The Balaban J connectivity index is 1.75. The zero-order chi connectivity index (χ0) is 20.2. The second-order valence-corrected chi connectivity index (χ2v) is 8.35. The Labute approximate surface area is 173 Å². The molecule has 5 nitrogen and oxygen atoms in total. The third kappa shape index (κ3) is 7.21. The van der Waals surface area contributed by atoms with E-state index in [0.29, 0.717) is 26.4 Å². The van der Waals surface area contributed by atoms with Gasteiger partial charge in [0, 0.05) is 0 Å². The molecule has 29 heavy (non-hydrogen) atoms. The maximum absolute atomic E-state index is 6.11. The summed E-state index contributed by atoms with van der Waals surface area (Å²) in [5.41, 5.74) is 2.99. The lowest BCUT2D eigenvalue weighted by Gasteiger charge is -2.27. The van der Waals surface area contributed by atoms with Gasteiger partial charge in [-0.1, -0.05) is 91.0 Å². The van der Waals surface area contributed by atoms with Crippen LogP contribution in [-0.2, 0) is 42.6 Å². The van der Waals surface area contributed by atoms with Crippen molar-refractivity contribution < 1.29 is 22.7 Å². The van der Waals surface area contributed by atoms with Crippen LogP contribution in [0.2, 0.25) is 0 Å². The molecule has 0 aromatic heterocycles. The van der Waals surface area contributed by atoms with Gasteiger partial charge in [-0.05, 0) is 23.6 Å². The molecule has 0 spiro atoms. The van der Waals surface area contributed by atoms with Crippen LogP contribution in [0, 0.1) is 0 Å². The molecular weight excluding hydrogens is 384 g/mol. The molecule has 0 fully saturated rings. The van der Waals surface area contributed by atoms with Crippen molar-refractivity contribution in [2.75, 3.05) is 6.61 Å². The average molecular weight is 411 g/mol. The Morgan fingerprint density at radius 3 is 1.21 bits per heavy atom. The lowest BCUT2D eigenvalue weighted by atomic mass is 10.2. The van der Waals surface area contributed by atoms with E-state index in [4.69, 9.17) is 22.7 Å². The second kappa shape index (κ2) is 11.6. The molecule has 0 atom stereocenters. The van der Waals surface area contributed by atoms with E-state index in [9.17, 15) is 0 Å². The SMILES string of the molecule is CCOO[Si](OCc1ccccc1)(OCc1ccccc1)OCc1ccccc1. The molecule has 0 bridgehead atoms. The molecule has 0 radical (unpaired) electrons. The van der Waals surface area contributed by atoms with Crippen LogP contribution in [0.5, 0.6) is 0 Å². The summed E-state index contributed by atoms with van der Waals surface area (Å²) in [6.07, 6.45) is 0. The van der Waals surface area contributed by atoms with Gasteiger partial charge < -0.3 is 13.3 Å². The van der Waals surface area contributed by atoms with Crippen LogP contribution in [0.3, 0.4) is 0 Å². The highest BCUT2D eigenvalue weighted by atomic mass is 28.4. The van der Waals surface area contributed by atoms with Crippen molar-refractivity contribution in [3.8, 4) is 0 Å². The molecule has 6 heteroatoms. The van der Waals surface area contributed by atoms with Crippen LogP contribution in [-0.4, -0.2) is 15.7 Å². The molecule has 0 saturated heterocycles. The minimum Gasteiger partial charge on any atom is -0.345 e. The molecule has 0 aliphatic carbocycles. The van der Waals surface area contributed by atoms with Crippen molar-refractivity contribution in [1.29, 1.82) is 0 Å². The summed E-state index contributed by atoms with van der Waals surface area (Å²) in [5.74, 6) is 0. The highest BCUT2D eigenvalue weighted by Gasteiger charge is 2.48. The topological polar surface area (TPSA) is 46.2 Å². The monoisotopic (exact) mass is 410 g/mol. The summed E-state index contributed by atoms with van der Waals surface area (Å²) in [7, 11) is -3.59. The van der Waals surface area contributed by atoms with Crippen LogP contribution >= 0.6 is 0 Å². The fourth-order valence-electron chi connectivity index (χ4n) is 2.57. The Bertz CT molecular complexity index is 708. The maximum atomic E-state index is 6.11. The predicted octanol–water partition coefficient (Wildman–Crippen LogP) is 5.04. The van der Waals surface area contributed by atoms with Crippen LogP contribution in [0.25, 0.3) is 0 Å². The molecule has 3 aromatic carbocycles. The van der Waals surface area contributed by atoms with E-state index >= 15 is 0 Å². The van der Waals surface area contributed by atoms with E-state index in [1.165, 1.54) is 0 Å². The lowest BCUT2D eigenvalue weighted by molar-refractivity contribution is -0.275. The molecule has 3 rings (SSSR count). The summed E-state index contributed by atoms with van der Waals surface area (Å²) in [5, 5.41) is 0. The fraction of sp³-hybridized carbons (Fsp3) is 0.217. The quantitative estimate of drug-likeness (QED) is 0.238. The van der Waals surface area contributed by atoms with Gasteiger partial charge in [0.05, 0.1) is 26.4 Å². The molecule has 0 aliphatic heterocycles. The lowest BCUT2D eigenvalue weighted by Crippen LogP contribution is -2.48.